The van der Waals surface area contributed by atoms with Gasteiger partial charge in [-0.1, -0.05) is 0 Å². The zero-order chi connectivity index (χ0) is 11.8. The molecule has 2 aromatic heterocycles. The Kier molecular flexibility index (Phi) is 2.18. The van der Waals surface area contributed by atoms with Gasteiger partial charge in [0.15, 0.2) is 0 Å². The van der Waals surface area contributed by atoms with Crippen LogP contribution in [0, 0.1) is 0 Å². The van der Waals surface area contributed by atoms with Crippen LogP contribution in [-0.4, -0.2) is 26.0 Å². The van der Waals surface area contributed by atoms with Gasteiger partial charge in [-0.2, -0.15) is 0 Å². The topological polar surface area (TPSA) is 78.9 Å². The summed E-state index contributed by atoms with van der Waals surface area (Å²) in [6.07, 6.45) is 4.78. The summed E-state index contributed by atoms with van der Waals surface area (Å²) in [5.74, 6) is -0.531. The lowest BCUT2D eigenvalue weighted by atomic mass is 10.1. The number of hydrogen-bond donors (Lipinski definition) is 2. The number of rotatable bonds is 2. The molecule has 0 spiro atoms. The zero-order valence-electron chi connectivity index (χ0n) is 9.05. The molecule has 1 unspecified atom stereocenters. The van der Waals surface area contributed by atoms with Gasteiger partial charge in [-0.15, -0.1) is 0 Å². The van der Waals surface area contributed by atoms with Gasteiger partial charge in [0.1, 0.15) is 11.7 Å². The second-order valence-corrected chi connectivity index (χ2v) is 4.11. The van der Waals surface area contributed by atoms with E-state index < -0.39 is 11.9 Å². The van der Waals surface area contributed by atoms with E-state index >= 15 is 0 Å². The summed E-state index contributed by atoms with van der Waals surface area (Å²) in [5, 5.41) is 9.08. The van der Waals surface area contributed by atoms with Crippen molar-refractivity contribution in [1.29, 1.82) is 0 Å². The number of pyridine rings is 1. The maximum absolute atomic E-state index is 11.0. The smallest absolute Gasteiger partial charge is 0.312 e. The maximum Gasteiger partial charge on any atom is 0.312 e. The minimum absolute atomic E-state index is 0.461. The van der Waals surface area contributed by atoms with Crippen molar-refractivity contribution in [2.45, 2.75) is 18.8 Å². The van der Waals surface area contributed by atoms with Crippen molar-refractivity contribution in [3.8, 4) is 11.4 Å². The molecule has 0 bridgehead atoms. The standard InChI is InChI=1S/C12H11N3O2/c16-12(17)8-1-2-9-10(8)15-11(14-9)7-3-5-13-6-4-7/h3-6,8H,1-2H2,(H,14,15)(H,16,17). The number of nitrogens with one attached hydrogen (secondary N) is 1. The van der Waals surface area contributed by atoms with Gasteiger partial charge in [0, 0.05) is 23.7 Å². The Morgan fingerprint density at radius 1 is 1.41 bits per heavy atom. The summed E-state index contributed by atoms with van der Waals surface area (Å²) in [6, 6.07) is 3.70. The van der Waals surface area contributed by atoms with Crippen molar-refractivity contribution >= 4 is 5.97 Å². The van der Waals surface area contributed by atoms with Crippen LogP contribution < -0.4 is 0 Å². The van der Waals surface area contributed by atoms with E-state index in [9.17, 15) is 4.79 Å². The van der Waals surface area contributed by atoms with Crippen molar-refractivity contribution in [3.63, 3.8) is 0 Å². The third kappa shape index (κ3) is 1.60. The summed E-state index contributed by atoms with van der Waals surface area (Å²) in [4.78, 5) is 22.6. The second-order valence-electron chi connectivity index (χ2n) is 4.11. The van der Waals surface area contributed by atoms with Crippen molar-refractivity contribution < 1.29 is 9.90 Å². The molecule has 1 atom stereocenters. The van der Waals surface area contributed by atoms with E-state index in [1.54, 1.807) is 12.4 Å². The monoisotopic (exact) mass is 229 g/mol. The molecule has 17 heavy (non-hydrogen) atoms. The molecule has 2 aromatic rings. The highest BCUT2D eigenvalue weighted by molar-refractivity contribution is 5.77. The van der Waals surface area contributed by atoms with E-state index in [0.717, 1.165) is 23.5 Å². The molecular formula is C12H11N3O2. The first-order chi connectivity index (χ1) is 8.25. The average molecular weight is 229 g/mol. The fraction of sp³-hybridized carbons (Fsp3) is 0.250. The highest BCUT2D eigenvalue weighted by Crippen LogP contribution is 2.33. The largest absolute Gasteiger partial charge is 0.481 e. The van der Waals surface area contributed by atoms with Crippen LogP contribution in [0.4, 0.5) is 0 Å². The summed E-state index contributed by atoms with van der Waals surface area (Å²) < 4.78 is 0. The molecule has 0 aliphatic heterocycles. The number of carboxylic acid groups (broad SMARTS) is 1. The van der Waals surface area contributed by atoms with Crippen molar-refractivity contribution in [2.24, 2.45) is 0 Å². The molecule has 0 radical (unpaired) electrons. The third-order valence-corrected chi connectivity index (χ3v) is 3.08. The number of aryl methyl sites for hydroxylation is 1. The second kappa shape index (κ2) is 3.69. The molecule has 5 heteroatoms. The summed E-state index contributed by atoms with van der Waals surface area (Å²) in [6.45, 7) is 0. The van der Waals surface area contributed by atoms with Crippen LogP contribution in [0.15, 0.2) is 24.5 Å². The molecule has 2 N–H and O–H groups in total. The summed E-state index contributed by atoms with van der Waals surface area (Å²) in [5.41, 5.74) is 2.56. The van der Waals surface area contributed by atoms with Crippen LogP contribution in [0.25, 0.3) is 11.4 Å². The van der Waals surface area contributed by atoms with Crippen LogP contribution in [0.1, 0.15) is 23.7 Å². The van der Waals surface area contributed by atoms with Crippen LogP contribution in [0.2, 0.25) is 0 Å². The van der Waals surface area contributed by atoms with Gasteiger partial charge < -0.3 is 10.1 Å². The van der Waals surface area contributed by atoms with E-state index in [2.05, 4.69) is 15.0 Å². The number of fused-ring (bicyclic) bond motifs is 1. The van der Waals surface area contributed by atoms with E-state index in [4.69, 9.17) is 5.11 Å². The highest BCUT2D eigenvalue weighted by Gasteiger charge is 2.32. The summed E-state index contributed by atoms with van der Waals surface area (Å²) in [7, 11) is 0. The Morgan fingerprint density at radius 3 is 2.88 bits per heavy atom. The Hall–Kier alpha value is -2.17. The molecule has 1 aliphatic carbocycles. The minimum Gasteiger partial charge on any atom is -0.481 e. The molecule has 0 aromatic carbocycles. The van der Waals surface area contributed by atoms with E-state index in [1.807, 2.05) is 12.1 Å². The molecule has 2 heterocycles. The quantitative estimate of drug-likeness (QED) is 0.819. The van der Waals surface area contributed by atoms with Gasteiger partial charge in [-0.3, -0.25) is 9.78 Å². The Morgan fingerprint density at radius 2 is 2.18 bits per heavy atom. The number of aromatic amines is 1. The molecule has 0 saturated carbocycles. The van der Waals surface area contributed by atoms with E-state index in [0.29, 0.717) is 12.1 Å². The van der Waals surface area contributed by atoms with Gasteiger partial charge in [0.05, 0.1) is 5.69 Å². The van der Waals surface area contributed by atoms with E-state index in [1.165, 1.54) is 0 Å². The van der Waals surface area contributed by atoms with Crippen molar-refractivity contribution in [1.82, 2.24) is 15.0 Å². The normalized spacial score (nSPS) is 18.0. The number of hydrogen-bond acceptors (Lipinski definition) is 3. The number of aromatic nitrogens is 3. The molecule has 0 saturated heterocycles. The first-order valence-electron chi connectivity index (χ1n) is 5.47. The van der Waals surface area contributed by atoms with Crippen LogP contribution in [0.5, 0.6) is 0 Å². The fourth-order valence-corrected chi connectivity index (χ4v) is 2.21. The molecule has 86 valence electrons. The third-order valence-electron chi connectivity index (χ3n) is 3.08. The summed E-state index contributed by atoms with van der Waals surface area (Å²) >= 11 is 0. The van der Waals surface area contributed by atoms with Gasteiger partial charge in [0.25, 0.3) is 0 Å². The number of carbonyl (C=O) groups is 1. The molecule has 3 rings (SSSR count). The number of aliphatic carboxylic acids is 1. The van der Waals surface area contributed by atoms with Crippen molar-refractivity contribution in [3.05, 3.63) is 35.9 Å². The van der Waals surface area contributed by atoms with Gasteiger partial charge in [-0.05, 0) is 25.0 Å². The highest BCUT2D eigenvalue weighted by atomic mass is 16.4. The number of nitrogens with zero attached hydrogens (tertiary/aromatic N) is 2. The predicted molar refractivity (Wildman–Crippen MR) is 60.5 cm³/mol. The Balaban J connectivity index is 2.02. The van der Waals surface area contributed by atoms with Crippen LogP contribution in [-0.2, 0) is 11.2 Å². The van der Waals surface area contributed by atoms with Gasteiger partial charge >= 0.3 is 5.97 Å². The first-order valence-corrected chi connectivity index (χ1v) is 5.47. The Bertz CT molecular complexity index is 562. The first kappa shape index (κ1) is 10.0. The van der Waals surface area contributed by atoms with Crippen LogP contribution >= 0.6 is 0 Å². The predicted octanol–water partition coefficient (Wildman–Crippen LogP) is 1.59. The maximum atomic E-state index is 11.0. The van der Waals surface area contributed by atoms with Gasteiger partial charge in [0.2, 0.25) is 0 Å². The molecule has 5 nitrogen and oxygen atoms in total. The minimum atomic E-state index is -0.795. The van der Waals surface area contributed by atoms with Crippen LogP contribution in [0.3, 0.4) is 0 Å². The average Bonchev–Trinajstić information content (AvgIpc) is 2.88. The zero-order valence-corrected chi connectivity index (χ0v) is 9.05. The number of imidazole rings is 1. The molecule has 1 aliphatic rings. The Labute approximate surface area is 97.5 Å². The lowest BCUT2D eigenvalue weighted by Crippen LogP contribution is -2.08. The van der Waals surface area contributed by atoms with Gasteiger partial charge in [-0.25, -0.2) is 4.98 Å². The molecule has 0 fully saturated rings. The van der Waals surface area contributed by atoms with Crippen molar-refractivity contribution in [2.75, 3.05) is 0 Å². The van der Waals surface area contributed by atoms with E-state index in [-0.39, 0.29) is 0 Å². The lowest BCUT2D eigenvalue weighted by molar-refractivity contribution is -0.138. The molecule has 0 amide bonds. The fourth-order valence-electron chi connectivity index (χ4n) is 2.21. The molecular weight excluding hydrogens is 218 g/mol. The number of H-pyrrole nitrogens is 1. The SMILES string of the molecule is O=C(O)C1CCc2[nH]c(-c3ccncc3)nc21. The number of carboxylic acids is 1. The lowest BCUT2D eigenvalue weighted by Gasteiger charge is -2.01.